The molecule has 10 heteroatoms. The Bertz CT molecular complexity index is 1310. The molecule has 1 aromatic carbocycles. The van der Waals surface area contributed by atoms with E-state index in [0.29, 0.717) is 40.2 Å². The summed E-state index contributed by atoms with van der Waals surface area (Å²) in [5.74, 6) is 1.53. The minimum Gasteiger partial charge on any atom is -0.470 e. The van der Waals surface area contributed by atoms with Gasteiger partial charge in [0.05, 0.1) is 12.3 Å². The van der Waals surface area contributed by atoms with Crippen molar-refractivity contribution in [2.45, 2.75) is 20.1 Å². The van der Waals surface area contributed by atoms with Crippen LogP contribution in [0.4, 0.5) is 0 Å². The van der Waals surface area contributed by atoms with Crippen molar-refractivity contribution >= 4 is 16.4 Å². The zero-order valence-electron chi connectivity index (χ0n) is 15.3. The molecular weight excluding hydrogens is 374 g/mol. The van der Waals surface area contributed by atoms with E-state index in [-0.39, 0.29) is 13.2 Å². The number of benzene rings is 1. The van der Waals surface area contributed by atoms with Crippen molar-refractivity contribution in [2.24, 2.45) is 0 Å². The van der Waals surface area contributed by atoms with E-state index in [4.69, 9.17) is 14.4 Å². The molecule has 0 atom stereocenters. The van der Waals surface area contributed by atoms with Crippen LogP contribution in [-0.4, -0.2) is 40.3 Å². The second-order valence-electron chi connectivity index (χ2n) is 6.40. The second kappa shape index (κ2) is 6.91. The molecule has 10 nitrogen and oxygen atoms in total. The smallest absolute Gasteiger partial charge is 0.240 e. The second-order valence-corrected chi connectivity index (χ2v) is 6.40. The number of aliphatic hydroxyl groups excluding tert-OH is 1. The zero-order valence-corrected chi connectivity index (χ0v) is 15.3. The van der Waals surface area contributed by atoms with E-state index in [1.54, 1.807) is 29.6 Å². The van der Waals surface area contributed by atoms with Gasteiger partial charge < -0.3 is 14.4 Å². The van der Waals surface area contributed by atoms with Gasteiger partial charge in [0.1, 0.15) is 18.1 Å². The SMILES string of the molecule is Cc1cc(-c2nnc3c4ccccc4c(OCc4ccc(CO)nn4)nn23)no1. The first-order valence-electron chi connectivity index (χ1n) is 8.86. The van der Waals surface area contributed by atoms with E-state index in [9.17, 15) is 0 Å². The molecule has 5 aromatic rings. The molecular formula is C19H15N7O3. The van der Waals surface area contributed by atoms with Crippen LogP contribution in [0.25, 0.3) is 27.9 Å². The Hall–Kier alpha value is -3.92. The third kappa shape index (κ3) is 3.05. The lowest BCUT2D eigenvalue weighted by molar-refractivity contribution is 0.271. The largest absolute Gasteiger partial charge is 0.470 e. The van der Waals surface area contributed by atoms with Crippen LogP contribution in [0.5, 0.6) is 5.88 Å². The molecule has 0 aliphatic carbocycles. The summed E-state index contributed by atoms with van der Waals surface area (Å²) in [6, 6.07) is 12.9. The molecule has 0 fully saturated rings. The normalized spacial score (nSPS) is 11.4. The number of aryl methyl sites for hydroxylation is 1. The van der Waals surface area contributed by atoms with Crippen LogP contribution in [0.1, 0.15) is 17.1 Å². The average molecular weight is 389 g/mol. The quantitative estimate of drug-likeness (QED) is 0.481. The van der Waals surface area contributed by atoms with Gasteiger partial charge in [0.2, 0.25) is 11.7 Å². The van der Waals surface area contributed by atoms with Crippen LogP contribution in [0.2, 0.25) is 0 Å². The van der Waals surface area contributed by atoms with Crippen LogP contribution in [-0.2, 0) is 13.2 Å². The predicted molar refractivity (Wildman–Crippen MR) is 101 cm³/mol. The molecule has 1 N–H and O–H groups in total. The van der Waals surface area contributed by atoms with Gasteiger partial charge in [-0.15, -0.1) is 15.3 Å². The molecule has 0 aliphatic heterocycles. The van der Waals surface area contributed by atoms with E-state index in [1.165, 1.54) is 0 Å². The summed E-state index contributed by atoms with van der Waals surface area (Å²) in [5.41, 5.74) is 2.24. The monoisotopic (exact) mass is 389 g/mol. The fraction of sp³-hybridized carbons (Fsp3) is 0.158. The van der Waals surface area contributed by atoms with E-state index >= 15 is 0 Å². The Morgan fingerprint density at radius 1 is 1.00 bits per heavy atom. The maximum atomic E-state index is 9.09. The summed E-state index contributed by atoms with van der Waals surface area (Å²) >= 11 is 0. The fourth-order valence-electron chi connectivity index (χ4n) is 2.98. The first-order chi connectivity index (χ1) is 14.2. The minimum absolute atomic E-state index is 0.158. The number of aliphatic hydroxyl groups is 1. The topological polar surface area (TPSA) is 124 Å². The first-order valence-corrected chi connectivity index (χ1v) is 8.86. The van der Waals surface area contributed by atoms with Gasteiger partial charge in [-0.3, -0.25) is 0 Å². The molecule has 0 radical (unpaired) electrons. The van der Waals surface area contributed by atoms with Crippen molar-refractivity contribution in [3.05, 3.63) is 59.6 Å². The van der Waals surface area contributed by atoms with E-state index < -0.39 is 0 Å². The third-order valence-corrected chi connectivity index (χ3v) is 4.38. The molecule has 29 heavy (non-hydrogen) atoms. The molecule has 4 aromatic heterocycles. The molecule has 0 bridgehead atoms. The molecule has 0 aliphatic rings. The summed E-state index contributed by atoms with van der Waals surface area (Å²) in [6.07, 6.45) is 0. The number of hydrogen-bond donors (Lipinski definition) is 1. The van der Waals surface area contributed by atoms with Crippen molar-refractivity contribution < 1.29 is 14.4 Å². The minimum atomic E-state index is -0.158. The highest BCUT2D eigenvalue weighted by Crippen LogP contribution is 2.29. The Labute approximate surface area is 163 Å². The lowest BCUT2D eigenvalue weighted by Gasteiger charge is -2.09. The van der Waals surface area contributed by atoms with Gasteiger partial charge in [0.15, 0.2) is 11.3 Å². The number of fused-ring (bicyclic) bond motifs is 3. The molecule has 0 unspecified atom stereocenters. The van der Waals surface area contributed by atoms with Crippen LogP contribution in [0, 0.1) is 6.92 Å². The maximum Gasteiger partial charge on any atom is 0.240 e. The number of hydrogen-bond acceptors (Lipinski definition) is 9. The first kappa shape index (κ1) is 17.2. The zero-order chi connectivity index (χ0) is 19.8. The van der Waals surface area contributed by atoms with Crippen LogP contribution < -0.4 is 4.74 Å². The number of rotatable bonds is 5. The van der Waals surface area contributed by atoms with Gasteiger partial charge in [-0.2, -0.15) is 14.7 Å². The summed E-state index contributed by atoms with van der Waals surface area (Å²) in [6.45, 7) is 1.82. The van der Waals surface area contributed by atoms with Crippen molar-refractivity contribution in [1.29, 1.82) is 0 Å². The van der Waals surface area contributed by atoms with Gasteiger partial charge >= 0.3 is 0 Å². The average Bonchev–Trinajstić information content (AvgIpc) is 3.38. The highest BCUT2D eigenvalue weighted by molar-refractivity contribution is 5.96. The van der Waals surface area contributed by atoms with Gasteiger partial charge in [-0.25, -0.2) is 0 Å². The maximum absolute atomic E-state index is 9.09. The van der Waals surface area contributed by atoms with Gasteiger partial charge in [-0.05, 0) is 25.1 Å². The van der Waals surface area contributed by atoms with Gasteiger partial charge in [0.25, 0.3) is 0 Å². The predicted octanol–water partition coefficient (Wildman–Crippen LogP) is 2.10. The number of ether oxygens (including phenoxy) is 1. The Morgan fingerprint density at radius 3 is 2.52 bits per heavy atom. The standard InChI is InChI=1S/C19H15N7O3/c1-11-8-16(25-29-11)18-23-22-17-14-4-2-3-5-15(14)19(24-26(17)18)28-10-13-7-6-12(9-27)20-21-13/h2-8,27H,9-10H2,1H3. The van der Waals surface area contributed by atoms with Crippen molar-refractivity contribution in [3.8, 4) is 17.4 Å². The molecule has 5 rings (SSSR count). The molecule has 4 heterocycles. The Morgan fingerprint density at radius 2 is 1.79 bits per heavy atom. The summed E-state index contributed by atoms with van der Waals surface area (Å²) in [7, 11) is 0. The number of aromatic nitrogens is 7. The Balaban J connectivity index is 1.59. The lowest BCUT2D eigenvalue weighted by atomic mass is 10.2. The fourth-order valence-corrected chi connectivity index (χ4v) is 2.98. The summed E-state index contributed by atoms with van der Waals surface area (Å²) < 4.78 is 12.7. The summed E-state index contributed by atoms with van der Waals surface area (Å²) in [5, 5.41) is 35.8. The van der Waals surface area contributed by atoms with Crippen LogP contribution in [0.3, 0.4) is 0 Å². The molecule has 0 amide bonds. The lowest BCUT2D eigenvalue weighted by Crippen LogP contribution is -2.05. The molecule has 0 saturated heterocycles. The Kier molecular flexibility index (Phi) is 4.10. The van der Waals surface area contributed by atoms with E-state index in [2.05, 4.69) is 30.7 Å². The van der Waals surface area contributed by atoms with Crippen molar-refractivity contribution in [3.63, 3.8) is 0 Å². The van der Waals surface area contributed by atoms with Gasteiger partial charge in [-0.1, -0.05) is 23.4 Å². The highest BCUT2D eigenvalue weighted by atomic mass is 16.5. The highest BCUT2D eigenvalue weighted by Gasteiger charge is 2.18. The van der Waals surface area contributed by atoms with E-state index in [0.717, 1.165) is 10.8 Å². The van der Waals surface area contributed by atoms with Crippen LogP contribution >= 0.6 is 0 Å². The molecule has 144 valence electrons. The number of nitrogens with zero attached hydrogens (tertiary/aromatic N) is 7. The molecule has 0 saturated carbocycles. The van der Waals surface area contributed by atoms with Gasteiger partial charge in [0, 0.05) is 16.8 Å². The molecule has 0 spiro atoms. The third-order valence-electron chi connectivity index (χ3n) is 4.38. The van der Waals surface area contributed by atoms with Crippen LogP contribution in [0.15, 0.2) is 47.0 Å². The van der Waals surface area contributed by atoms with Crippen molar-refractivity contribution in [1.82, 2.24) is 35.2 Å². The van der Waals surface area contributed by atoms with Crippen molar-refractivity contribution in [2.75, 3.05) is 0 Å². The summed E-state index contributed by atoms with van der Waals surface area (Å²) in [4.78, 5) is 0. The van der Waals surface area contributed by atoms with E-state index in [1.807, 2.05) is 24.3 Å².